The normalized spacial score (nSPS) is 8.60. The van der Waals surface area contributed by atoms with Crippen LogP contribution in [0.15, 0.2) is 29.0 Å². The van der Waals surface area contributed by atoms with Gasteiger partial charge in [0, 0.05) is 28.1 Å². The average molecular weight is 206 g/mol. The SMILES string of the molecule is CC[n+]1ccccc1Br.[F-]. The van der Waals surface area contributed by atoms with E-state index in [4.69, 9.17) is 0 Å². The van der Waals surface area contributed by atoms with Crippen LogP contribution >= 0.6 is 15.9 Å². The molecule has 0 N–H and O–H groups in total. The maximum absolute atomic E-state index is 3.42. The van der Waals surface area contributed by atoms with Crippen molar-refractivity contribution in [2.75, 3.05) is 0 Å². The highest BCUT2D eigenvalue weighted by atomic mass is 79.9. The van der Waals surface area contributed by atoms with Crippen LogP contribution in [0.1, 0.15) is 6.92 Å². The van der Waals surface area contributed by atoms with Crippen LogP contribution in [0.3, 0.4) is 0 Å². The molecule has 0 unspecified atom stereocenters. The summed E-state index contributed by atoms with van der Waals surface area (Å²) in [7, 11) is 0. The Balaban J connectivity index is 0.000000810. The van der Waals surface area contributed by atoms with Gasteiger partial charge in [0.1, 0.15) is 6.54 Å². The van der Waals surface area contributed by atoms with Crippen LogP contribution in [0.4, 0.5) is 0 Å². The van der Waals surface area contributed by atoms with Gasteiger partial charge in [0.2, 0.25) is 4.60 Å². The average Bonchev–Trinajstić information content (AvgIpc) is 1.89. The van der Waals surface area contributed by atoms with Crippen LogP contribution in [0, 0.1) is 0 Å². The molecule has 0 saturated carbocycles. The van der Waals surface area contributed by atoms with Crippen molar-refractivity contribution >= 4 is 15.9 Å². The summed E-state index contributed by atoms with van der Waals surface area (Å²) in [4.78, 5) is 0. The molecule has 0 bridgehead atoms. The number of hydrogen-bond donors (Lipinski definition) is 0. The Morgan fingerprint density at radius 3 is 2.60 bits per heavy atom. The Hall–Kier alpha value is -0.440. The first-order valence-electron chi connectivity index (χ1n) is 2.98. The quantitative estimate of drug-likeness (QED) is 0.399. The fraction of sp³-hybridized carbons (Fsp3) is 0.286. The summed E-state index contributed by atoms with van der Waals surface area (Å²) < 4.78 is 3.26. The van der Waals surface area contributed by atoms with E-state index in [2.05, 4.69) is 27.4 Å². The summed E-state index contributed by atoms with van der Waals surface area (Å²) in [5, 5.41) is 0. The van der Waals surface area contributed by atoms with Gasteiger partial charge in [-0.1, -0.05) is 0 Å². The summed E-state index contributed by atoms with van der Waals surface area (Å²) in [6.07, 6.45) is 2.05. The first kappa shape index (κ1) is 9.56. The van der Waals surface area contributed by atoms with Crippen LogP contribution < -0.4 is 9.27 Å². The molecule has 0 atom stereocenters. The van der Waals surface area contributed by atoms with Gasteiger partial charge in [-0.05, 0) is 13.0 Å². The topological polar surface area (TPSA) is 3.88 Å². The molecule has 0 radical (unpaired) electrons. The van der Waals surface area contributed by atoms with Gasteiger partial charge in [0.15, 0.2) is 6.20 Å². The second kappa shape index (κ2) is 4.39. The van der Waals surface area contributed by atoms with E-state index in [1.807, 2.05) is 24.4 Å². The van der Waals surface area contributed by atoms with Crippen LogP contribution in [0.25, 0.3) is 0 Å². The lowest BCUT2D eigenvalue weighted by molar-refractivity contribution is -0.704. The Bertz CT molecular complexity index is 203. The van der Waals surface area contributed by atoms with Gasteiger partial charge in [0.05, 0.1) is 0 Å². The molecular formula is C7H9BrFN. The third-order valence-electron chi connectivity index (χ3n) is 1.23. The van der Waals surface area contributed by atoms with Gasteiger partial charge in [-0.3, -0.25) is 0 Å². The maximum atomic E-state index is 3.42. The molecule has 1 nitrogen and oxygen atoms in total. The van der Waals surface area contributed by atoms with Crippen LogP contribution in [0.5, 0.6) is 0 Å². The summed E-state index contributed by atoms with van der Waals surface area (Å²) in [5.41, 5.74) is 0. The third kappa shape index (κ3) is 2.06. The molecule has 0 aliphatic heterocycles. The van der Waals surface area contributed by atoms with Crippen molar-refractivity contribution < 1.29 is 9.27 Å². The lowest BCUT2D eigenvalue weighted by atomic mass is 10.5. The van der Waals surface area contributed by atoms with E-state index in [9.17, 15) is 0 Å². The van der Waals surface area contributed by atoms with E-state index in [1.165, 1.54) is 0 Å². The van der Waals surface area contributed by atoms with Gasteiger partial charge in [0.25, 0.3) is 0 Å². The zero-order valence-electron chi connectivity index (χ0n) is 5.72. The molecule has 0 amide bonds. The highest BCUT2D eigenvalue weighted by molar-refractivity contribution is 9.10. The number of rotatable bonds is 1. The third-order valence-corrected chi connectivity index (χ3v) is 1.95. The Labute approximate surface area is 68.2 Å². The highest BCUT2D eigenvalue weighted by Crippen LogP contribution is 1.99. The van der Waals surface area contributed by atoms with Gasteiger partial charge < -0.3 is 4.70 Å². The zero-order chi connectivity index (χ0) is 6.69. The molecule has 1 aromatic heterocycles. The molecule has 0 aromatic carbocycles. The predicted molar refractivity (Wildman–Crippen MR) is 40.0 cm³/mol. The number of halogens is 2. The first-order chi connectivity index (χ1) is 4.34. The molecule has 3 heteroatoms. The maximum Gasteiger partial charge on any atom is 0.247 e. The lowest BCUT2D eigenvalue weighted by Crippen LogP contribution is -3.00. The smallest absolute Gasteiger partial charge is 0.247 e. The molecular weight excluding hydrogens is 197 g/mol. The van der Waals surface area contributed by atoms with Crippen molar-refractivity contribution in [3.05, 3.63) is 29.0 Å². The van der Waals surface area contributed by atoms with Gasteiger partial charge >= 0.3 is 0 Å². The Morgan fingerprint density at radius 2 is 2.20 bits per heavy atom. The molecule has 1 rings (SSSR count). The van der Waals surface area contributed by atoms with Gasteiger partial charge in [-0.25, -0.2) is 0 Å². The van der Waals surface area contributed by atoms with E-state index in [0.29, 0.717) is 0 Å². The minimum absolute atomic E-state index is 0. The Kier molecular flexibility index (Phi) is 4.19. The second-order valence-electron chi connectivity index (χ2n) is 1.81. The van der Waals surface area contributed by atoms with Crippen LogP contribution in [-0.2, 0) is 6.54 Å². The van der Waals surface area contributed by atoms with Gasteiger partial charge in [-0.2, -0.15) is 4.57 Å². The molecule has 0 aliphatic carbocycles. The molecule has 56 valence electrons. The fourth-order valence-corrected chi connectivity index (χ4v) is 1.23. The van der Waals surface area contributed by atoms with Crippen molar-refractivity contribution in [1.82, 2.24) is 0 Å². The zero-order valence-corrected chi connectivity index (χ0v) is 7.31. The number of aryl methyl sites for hydroxylation is 1. The van der Waals surface area contributed by atoms with E-state index >= 15 is 0 Å². The number of aromatic nitrogens is 1. The number of nitrogens with zero attached hydrogens (tertiary/aromatic N) is 1. The first-order valence-corrected chi connectivity index (χ1v) is 3.78. The Morgan fingerprint density at radius 1 is 1.50 bits per heavy atom. The van der Waals surface area contributed by atoms with Crippen molar-refractivity contribution in [2.24, 2.45) is 0 Å². The summed E-state index contributed by atoms with van der Waals surface area (Å²) in [6, 6.07) is 6.06. The van der Waals surface area contributed by atoms with Crippen molar-refractivity contribution in [2.45, 2.75) is 13.5 Å². The molecule has 1 heterocycles. The summed E-state index contributed by atoms with van der Waals surface area (Å²) in [5.74, 6) is 0. The van der Waals surface area contributed by atoms with Crippen molar-refractivity contribution in [3.63, 3.8) is 0 Å². The van der Waals surface area contributed by atoms with Crippen molar-refractivity contribution in [3.8, 4) is 0 Å². The molecule has 0 spiro atoms. The molecule has 0 fully saturated rings. The van der Waals surface area contributed by atoms with Crippen molar-refractivity contribution in [1.29, 1.82) is 0 Å². The fourth-order valence-electron chi connectivity index (χ4n) is 0.712. The molecule has 0 saturated heterocycles. The van der Waals surface area contributed by atoms with E-state index < -0.39 is 0 Å². The summed E-state index contributed by atoms with van der Waals surface area (Å²) in [6.45, 7) is 3.13. The number of pyridine rings is 1. The highest BCUT2D eigenvalue weighted by Gasteiger charge is 1.99. The minimum atomic E-state index is 0. The van der Waals surface area contributed by atoms with Crippen LogP contribution in [0.2, 0.25) is 0 Å². The predicted octanol–water partition coefficient (Wildman–Crippen LogP) is -1.24. The second-order valence-corrected chi connectivity index (χ2v) is 2.62. The molecule has 10 heavy (non-hydrogen) atoms. The van der Waals surface area contributed by atoms with Crippen LogP contribution in [-0.4, -0.2) is 0 Å². The summed E-state index contributed by atoms with van der Waals surface area (Å²) >= 11 is 3.42. The standard InChI is InChI=1S/C7H9BrN.FH/c1-2-9-6-4-3-5-7(9)8;/h3-6H,2H2,1H3;1H/q+1;/p-1. The number of hydrogen-bond acceptors (Lipinski definition) is 0. The lowest BCUT2D eigenvalue weighted by Gasteiger charge is -1.90. The van der Waals surface area contributed by atoms with Gasteiger partial charge in [-0.15, -0.1) is 0 Å². The van der Waals surface area contributed by atoms with E-state index in [-0.39, 0.29) is 4.70 Å². The largest absolute Gasteiger partial charge is 1.00 e. The monoisotopic (exact) mass is 205 g/mol. The molecule has 1 aromatic rings. The van der Waals surface area contributed by atoms with E-state index in [0.717, 1.165) is 11.1 Å². The molecule has 0 aliphatic rings. The van der Waals surface area contributed by atoms with E-state index in [1.54, 1.807) is 0 Å². The minimum Gasteiger partial charge on any atom is -1.00 e.